The van der Waals surface area contributed by atoms with Crippen molar-refractivity contribution in [2.24, 2.45) is 0 Å². The van der Waals surface area contributed by atoms with Gasteiger partial charge in [0.05, 0.1) is 5.75 Å². The molecule has 1 aromatic heterocycles. The van der Waals surface area contributed by atoms with Gasteiger partial charge in [-0.1, -0.05) is 48.2 Å². The third-order valence-corrected chi connectivity index (χ3v) is 7.59. The number of aromatic nitrogens is 2. The van der Waals surface area contributed by atoms with Crippen molar-refractivity contribution >= 4 is 52.1 Å². The fourth-order valence-corrected chi connectivity index (χ4v) is 5.82. The van der Waals surface area contributed by atoms with Gasteiger partial charge in [0.2, 0.25) is 5.91 Å². The van der Waals surface area contributed by atoms with E-state index in [2.05, 4.69) is 39.5 Å². The van der Waals surface area contributed by atoms with E-state index in [1.54, 1.807) is 23.1 Å². The Morgan fingerprint density at radius 1 is 1.11 bits per heavy atom. The molecule has 2 heterocycles. The van der Waals surface area contributed by atoms with Gasteiger partial charge in [-0.25, -0.2) is 0 Å². The van der Waals surface area contributed by atoms with Crippen LogP contribution in [0.5, 0.6) is 0 Å². The summed E-state index contributed by atoms with van der Waals surface area (Å²) in [6.45, 7) is 4.44. The molecule has 0 unspecified atom stereocenters. The van der Waals surface area contributed by atoms with Crippen LogP contribution in [0.2, 0.25) is 0 Å². The molecule has 1 saturated heterocycles. The number of hydrogen-bond acceptors (Lipinski definition) is 7. The molecular formula is C19H26N4OS3. The number of unbranched alkanes of at least 4 members (excludes halogenated alkanes) is 1. The molecule has 1 fully saturated rings. The maximum absolute atomic E-state index is 12.2. The van der Waals surface area contributed by atoms with E-state index in [9.17, 15) is 4.79 Å². The highest BCUT2D eigenvalue weighted by Gasteiger charge is 2.12. The van der Waals surface area contributed by atoms with Crippen LogP contribution in [0.3, 0.4) is 0 Å². The minimum Gasteiger partial charge on any atom is -0.372 e. The van der Waals surface area contributed by atoms with Crippen LogP contribution in [0, 0.1) is 0 Å². The van der Waals surface area contributed by atoms with Crippen LogP contribution in [-0.2, 0) is 4.79 Å². The molecule has 0 atom stereocenters. The van der Waals surface area contributed by atoms with Crippen molar-refractivity contribution in [3.63, 3.8) is 0 Å². The van der Waals surface area contributed by atoms with E-state index >= 15 is 0 Å². The van der Waals surface area contributed by atoms with E-state index in [1.807, 2.05) is 12.1 Å². The zero-order chi connectivity index (χ0) is 18.9. The third-order valence-electron chi connectivity index (χ3n) is 4.31. The number of anilines is 2. The van der Waals surface area contributed by atoms with Crippen molar-refractivity contribution < 1.29 is 4.79 Å². The van der Waals surface area contributed by atoms with E-state index in [0.717, 1.165) is 33.2 Å². The van der Waals surface area contributed by atoms with E-state index < -0.39 is 0 Å². The smallest absolute Gasteiger partial charge is 0.234 e. The molecule has 0 radical (unpaired) electrons. The van der Waals surface area contributed by atoms with Gasteiger partial charge in [0.15, 0.2) is 8.68 Å². The first-order valence-electron chi connectivity index (χ1n) is 9.48. The monoisotopic (exact) mass is 422 g/mol. The Morgan fingerprint density at radius 3 is 2.52 bits per heavy atom. The van der Waals surface area contributed by atoms with Crippen molar-refractivity contribution in [3.8, 4) is 0 Å². The van der Waals surface area contributed by atoms with Gasteiger partial charge in [-0.15, -0.1) is 10.2 Å². The summed E-state index contributed by atoms with van der Waals surface area (Å²) in [5.74, 6) is 1.41. The van der Waals surface area contributed by atoms with Crippen LogP contribution in [0.15, 0.2) is 32.9 Å². The predicted octanol–water partition coefficient (Wildman–Crippen LogP) is 5.15. The average molecular weight is 423 g/mol. The number of amides is 1. The Balaban J connectivity index is 1.42. The largest absolute Gasteiger partial charge is 0.372 e. The van der Waals surface area contributed by atoms with Gasteiger partial charge in [-0.05, 0) is 49.9 Å². The number of benzene rings is 1. The standard InChI is InChI=1S/C19H26N4OS3/c1-2-3-13-25-18-21-22-19(27-18)26-14-17(24)20-15-7-9-16(10-8-15)23-11-5-4-6-12-23/h7-10H,2-6,11-14H2,1H3,(H,20,24). The van der Waals surface area contributed by atoms with Gasteiger partial charge in [-0.2, -0.15) is 0 Å². The van der Waals surface area contributed by atoms with Crippen molar-refractivity contribution in [3.05, 3.63) is 24.3 Å². The van der Waals surface area contributed by atoms with Crippen molar-refractivity contribution in [2.75, 3.05) is 34.8 Å². The summed E-state index contributed by atoms with van der Waals surface area (Å²) in [6, 6.07) is 8.16. The highest BCUT2D eigenvalue weighted by molar-refractivity contribution is 8.03. The predicted molar refractivity (Wildman–Crippen MR) is 117 cm³/mol. The van der Waals surface area contributed by atoms with E-state index in [4.69, 9.17) is 0 Å². The van der Waals surface area contributed by atoms with Crippen molar-refractivity contribution in [1.29, 1.82) is 0 Å². The van der Waals surface area contributed by atoms with Gasteiger partial charge in [-0.3, -0.25) is 4.79 Å². The second-order valence-electron chi connectivity index (χ2n) is 6.47. The number of hydrogen-bond donors (Lipinski definition) is 1. The first-order chi connectivity index (χ1) is 13.2. The minimum atomic E-state index is -0.0129. The summed E-state index contributed by atoms with van der Waals surface area (Å²) in [5, 5.41) is 11.3. The second kappa shape index (κ2) is 10.9. The molecule has 8 heteroatoms. The number of piperidine rings is 1. The normalized spacial score (nSPS) is 14.3. The lowest BCUT2D eigenvalue weighted by Gasteiger charge is -2.28. The van der Waals surface area contributed by atoms with E-state index in [-0.39, 0.29) is 5.91 Å². The fraction of sp³-hybridized carbons (Fsp3) is 0.526. The summed E-state index contributed by atoms with van der Waals surface area (Å²) in [7, 11) is 0. The molecule has 0 bridgehead atoms. The number of nitrogens with one attached hydrogen (secondary N) is 1. The Hall–Kier alpha value is -1.25. The molecule has 0 saturated carbocycles. The van der Waals surface area contributed by atoms with Crippen LogP contribution >= 0.6 is 34.9 Å². The molecule has 2 aromatic rings. The van der Waals surface area contributed by atoms with Gasteiger partial charge < -0.3 is 10.2 Å². The van der Waals surface area contributed by atoms with Gasteiger partial charge in [0.1, 0.15) is 0 Å². The Morgan fingerprint density at radius 2 is 1.81 bits per heavy atom. The molecule has 27 heavy (non-hydrogen) atoms. The quantitative estimate of drug-likeness (QED) is 0.445. The first kappa shape index (κ1) is 20.5. The van der Waals surface area contributed by atoms with Crippen molar-refractivity contribution in [2.45, 2.75) is 47.7 Å². The molecule has 146 valence electrons. The molecule has 0 spiro atoms. The molecular weight excluding hydrogens is 396 g/mol. The van der Waals surface area contributed by atoms with Crippen LogP contribution in [0.4, 0.5) is 11.4 Å². The Labute approximate surface area is 173 Å². The third kappa shape index (κ3) is 6.69. The van der Waals surface area contributed by atoms with Gasteiger partial charge >= 0.3 is 0 Å². The minimum absolute atomic E-state index is 0.0129. The molecule has 1 amide bonds. The van der Waals surface area contributed by atoms with Crippen LogP contribution in [0.25, 0.3) is 0 Å². The maximum atomic E-state index is 12.2. The fourth-order valence-electron chi connectivity index (χ4n) is 2.85. The van der Waals surface area contributed by atoms with E-state index in [1.165, 1.54) is 49.6 Å². The van der Waals surface area contributed by atoms with Crippen LogP contribution in [-0.4, -0.2) is 40.7 Å². The maximum Gasteiger partial charge on any atom is 0.234 e. The van der Waals surface area contributed by atoms with Crippen molar-refractivity contribution in [1.82, 2.24) is 10.2 Å². The summed E-state index contributed by atoms with van der Waals surface area (Å²) in [4.78, 5) is 14.6. The SMILES string of the molecule is CCCCSc1nnc(SCC(=O)Nc2ccc(N3CCCCC3)cc2)s1. The highest BCUT2D eigenvalue weighted by Crippen LogP contribution is 2.29. The lowest BCUT2D eigenvalue weighted by molar-refractivity contribution is -0.113. The molecule has 5 nitrogen and oxygen atoms in total. The summed E-state index contributed by atoms with van der Waals surface area (Å²) < 4.78 is 1.84. The summed E-state index contributed by atoms with van der Waals surface area (Å²) >= 11 is 4.76. The Kier molecular flexibility index (Phi) is 8.29. The topological polar surface area (TPSA) is 58.1 Å². The van der Waals surface area contributed by atoms with Crippen LogP contribution in [0.1, 0.15) is 39.0 Å². The number of nitrogens with zero attached hydrogens (tertiary/aromatic N) is 3. The molecule has 1 aliphatic rings. The lowest BCUT2D eigenvalue weighted by Crippen LogP contribution is -2.29. The number of rotatable bonds is 9. The number of thioether (sulfide) groups is 2. The van der Waals surface area contributed by atoms with Crippen LogP contribution < -0.4 is 10.2 Å². The zero-order valence-electron chi connectivity index (χ0n) is 15.6. The Bertz CT molecular complexity index is 714. The second-order valence-corrected chi connectivity index (χ2v) is 10.0. The lowest BCUT2D eigenvalue weighted by atomic mass is 10.1. The summed E-state index contributed by atoms with van der Waals surface area (Å²) in [6.07, 6.45) is 6.23. The molecule has 1 N–H and O–H groups in total. The molecule has 0 aliphatic carbocycles. The van der Waals surface area contributed by atoms with Gasteiger partial charge in [0.25, 0.3) is 0 Å². The number of carbonyl (C=O) groups excluding carboxylic acids is 1. The van der Waals surface area contributed by atoms with E-state index in [0.29, 0.717) is 5.75 Å². The zero-order valence-corrected chi connectivity index (χ0v) is 18.1. The highest BCUT2D eigenvalue weighted by atomic mass is 32.2. The number of carbonyl (C=O) groups is 1. The first-order valence-corrected chi connectivity index (χ1v) is 12.3. The molecule has 1 aliphatic heterocycles. The summed E-state index contributed by atoms with van der Waals surface area (Å²) in [5.41, 5.74) is 2.08. The average Bonchev–Trinajstić information content (AvgIpc) is 3.16. The molecule has 1 aromatic carbocycles. The molecule has 3 rings (SSSR count). The van der Waals surface area contributed by atoms with Gasteiger partial charge in [0, 0.05) is 30.2 Å².